The van der Waals surface area contributed by atoms with Crippen molar-refractivity contribution in [2.75, 3.05) is 39.5 Å². The van der Waals surface area contributed by atoms with Crippen molar-refractivity contribution >= 4 is 6.09 Å². The smallest absolute Gasteiger partial charge is 0.410 e. The maximum Gasteiger partial charge on any atom is 0.410 e. The molecule has 1 saturated heterocycles. The van der Waals surface area contributed by atoms with Crippen molar-refractivity contribution in [3.05, 3.63) is 0 Å². The summed E-state index contributed by atoms with van der Waals surface area (Å²) in [5, 5.41) is 8.67. The monoisotopic (exact) mass is 357 g/mol. The van der Waals surface area contributed by atoms with Gasteiger partial charge in [0.1, 0.15) is 5.60 Å². The molecular weight excluding hydrogens is 322 g/mol. The fraction of sp³-hybridized carbons (Fsp3) is 0.947. The molecule has 0 radical (unpaired) electrons. The number of likely N-dealkylation sites (tertiary alicyclic amines) is 1. The summed E-state index contributed by atoms with van der Waals surface area (Å²) < 4.78 is 16.8. The number of ether oxygens (including phenoxy) is 3. The number of amides is 1. The lowest BCUT2D eigenvalue weighted by atomic mass is 9.62. The zero-order valence-corrected chi connectivity index (χ0v) is 16.1. The second kappa shape index (κ2) is 9.19. The largest absolute Gasteiger partial charge is 0.444 e. The van der Waals surface area contributed by atoms with Crippen LogP contribution >= 0.6 is 0 Å². The molecule has 25 heavy (non-hydrogen) atoms. The Morgan fingerprint density at radius 3 is 2.28 bits per heavy atom. The van der Waals surface area contributed by atoms with Gasteiger partial charge in [0.25, 0.3) is 0 Å². The zero-order valence-electron chi connectivity index (χ0n) is 16.1. The van der Waals surface area contributed by atoms with Crippen LogP contribution < -0.4 is 0 Å². The number of unbranched alkanes of at least 4 members (excludes halogenated alkanes) is 2. The van der Waals surface area contributed by atoms with E-state index in [9.17, 15) is 4.79 Å². The van der Waals surface area contributed by atoms with Crippen molar-refractivity contribution in [3.63, 3.8) is 0 Å². The number of hydrogen-bond donors (Lipinski definition) is 1. The normalized spacial score (nSPS) is 19.6. The summed E-state index contributed by atoms with van der Waals surface area (Å²) in [4.78, 5) is 13.8. The molecule has 1 aliphatic carbocycles. The first-order valence-corrected chi connectivity index (χ1v) is 9.62. The molecule has 1 heterocycles. The highest BCUT2D eigenvalue weighted by atomic mass is 16.6. The molecular formula is C19H35NO5. The van der Waals surface area contributed by atoms with Crippen LogP contribution in [0.15, 0.2) is 0 Å². The Kier molecular flexibility index (Phi) is 7.52. The van der Waals surface area contributed by atoms with E-state index >= 15 is 0 Å². The van der Waals surface area contributed by atoms with E-state index in [0.29, 0.717) is 6.10 Å². The summed E-state index contributed by atoms with van der Waals surface area (Å²) in [6.07, 6.45) is 6.06. The molecule has 1 spiro atoms. The number of carbonyl (C=O) groups excluding carboxylic acids is 1. The zero-order chi connectivity index (χ0) is 18.3. The van der Waals surface area contributed by atoms with Crippen molar-refractivity contribution in [2.24, 2.45) is 5.41 Å². The van der Waals surface area contributed by atoms with E-state index in [0.717, 1.165) is 71.4 Å². The summed E-state index contributed by atoms with van der Waals surface area (Å²) >= 11 is 0. The minimum absolute atomic E-state index is 0.193. The molecule has 1 saturated carbocycles. The van der Waals surface area contributed by atoms with Crippen LogP contribution in [0, 0.1) is 5.41 Å². The molecule has 0 unspecified atom stereocenters. The van der Waals surface area contributed by atoms with Crippen molar-refractivity contribution in [3.8, 4) is 0 Å². The average molecular weight is 357 g/mol. The van der Waals surface area contributed by atoms with Gasteiger partial charge in [-0.05, 0) is 59.3 Å². The van der Waals surface area contributed by atoms with Crippen LogP contribution in [0.3, 0.4) is 0 Å². The van der Waals surface area contributed by atoms with Gasteiger partial charge < -0.3 is 24.2 Å². The number of carbonyl (C=O) groups is 1. The summed E-state index contributed by atoms with van der Waals surface area (Å²) in [6, 6.07) is 0. The number of nitrogens with zero attached hydrogens (tertiary/aromatic N) is 1. The van der Waals surface area contributed by atoms with Crippen LogP contribution in [0.4, 0.5) is 4.79 Å². The Bertz CT molecular complexity index is 407. The average Bonchev–Trinajstić information content (AvgIpc) is 2.43. The third-order valence-electron chi connectivity index (χ3n) is 4.76. The van der Waals surface area contributed by atoms with E-state index in [1.165, 1.54) is 0 Å². The van der Waals surface area contributed by atoms with Crippen molar-refractivity contribution in [1.82, 2.24) is 4.90 Å². The lowest BCUT2D eigenvalue weighted by Gasteiger charge is -2.58. The maximum atomic E-state index is 12.0. The summed E-state index contributed by atoms with van der Waals surface area (Å²) in [5.74, 6) is 0. The minimum atomic E-state index is -0.423. The van der Waals surface area contributed by atoms with Crippen LogP contribution in [0.5, 0.6) is 0 Å². The van der Waals surface area contributed by atoms with Gasteiger partial charge >= 0.3 is 6.09 Å². The van der Waals surface area contributed by atoms with E-state index in [1.54, 1.807) is 4.90 Å². The van der Waals surface area contributed by atoms with E-state index < -0.39 is 5.60 Å². The first-order chi connectivity index (χ1) is 11.8. The molecule has 6 heteroatoms. The third kappa shape index (κ3) is 6.76. The standard InChI is InChI=1S/C19H35NO5/c1-18(2,3)25-17(22)20-14-19(15-20)12-16(13-19)24-11-7-6-10-23-9-5-4-8-21/h16,21H,4-15H2,1-3H3. The molecule has 2 aliphatic rings. The Hall–Kier alpha value is -0.850. The Labute approximate surface area is 151 Å². The molecule has 6 nitrogen and oxygen atoms in total. The van der Waals surface area contributed by atoms with Gasteiger partial charge in [-0.1, -0.05) is 0 Å². The van der Waals surface area contributed by atoms with Gasteiger partial charge in [0.15, 0.2) is 0 Å². The van der Waals surface area contributed by atoms with Gasteiger partial charge in [0.05, 0.1) is 6.10 Å². The molecule has 2 rings (SSSR count). The second-order valence-electron chi connectivity index (χ2n) is 8.49. The quantitative estimate of drug-likeness (QED) is 0.609. The number of hydrogen-bond acceptors (Lipinski definition) is 5. The lowest BCUT2D eigenvalue weighted by Crippen LogP contribution is -2.65. The van der Waals surface area contributed by atoms with Gasteiger partial charge in [-0.15, -0.1) is 0 Å². The predicted molar refractivity (Wildman–Crippen MR) is 95.6 cm³/mol. The third-order valence-corrected chi connectivity index (χ3v) is 4.76. The highest BCUT2D eigenvalue weighted by Gasteiger charge is 2.54. The van der Waals surface area contributed by atoms with Crippen LogP contribution in [0.2, 0.25) is 0 Å². The maximum absolute atomic E-state index is 12.0. The topological polar surface area (TPSA) is 68.2 Å². The highest BCUT2D eigenvalue weighted by Crippen LogP contribution is 2.49. The number of aliphatic hydroxyl groups excluding tert-OH is 1. The van der Waals surface area contributed by atoms with E-state index in [4.69, 9.17) is 19.3 Å². The SMILES string of the molecule is CC(C)(C)OC(=O)N1CC2(CC(OCCCCOCCCCO)C2)C1. The van der Waals surface area contributed by atoms with Gasteiger partial charge in [-0.3, -0.25) is 0 Å². The molecule has 0 aromatic carbocycles. The molecule has 1 N–H and O–H groups in total. The Morgan fingerprint density at radius 1 is 1.08 bits per heavy atom. The Balaban J connectivity index is 1.43. The first-order valence-electron chi connectivity index (χ1n) is 9.62. The van der Waals surface area contributed by atoms with Crippen molar-refractivity contribution < 1.29 is 24.1 Å². The molecule has 0 bridgehead atoms. The molecule has 2 fully saturated rings. The van der Waals surface area contributed by atoms with Crippen LogP contribution in [0.1, 0.15) is 59.3 Å². The molecule has 146 valence electrons. The molecule has 0 aromatic heterocycles. The van der Waals surface area contributed by atoms with Crippen molar-refractivity contribution in [2.45, 2.75) is 71.0 Å². The molecule has 1 amide bonds. The second-order valence-corrected chi connectivity index (χ2v) is 8.49. The summed E-state index contributed by atoms with van der Waals surface area (Å²) in [6.45, 7) is 9.85. The van der Waals surface area contributed by atoms with Gasteiger partial charge in [0.2, 0.25) is 0 Å². The number of rotatable bonds is 10. The lowest BCUT2D eigenvalue weighted by molar-refractivity contribution is -0.147. The first kappa shape index (κ1) is 20.5. The fourth-order valence-corrected chi connectivity index (χ4v) is 3.48. The van der Waals surface area contributed by atoms with E-state index in [-0.39, 0.29) is 18.1 Å². The van der Waals surface area contributed by atoms with E-state index in [1.807, 2.05) is 20.8 Å². The van der Waals surface area contributed by atoms with Crippen molar-refractivity contribution in [1.29, 1.82) is 0 Å². The fourth-order valence-electron chi connectivity index (χ4n) is 3.48. The minimum Gasteiger partial charge on any atom is -0.444 e. The molecule has 0 atom stereocenters. The summed E-state index contributed by atoms with van der Waals surface area (Å²) in [5.41, 5.74) is -0.134. The predicted octanol–water partition coefficient (Wildman–Crippen LogP) is 2.97. The van der Waals surface area contributed by atoms with Gasteiger partial charge in [0, 0.05) is 44.9 Å². The molecule has 1 aliphatic heterocycles. The van der Waals surface area contributed by atoms with Crippen LogP contribution in [0.25, 0.3) is 0 Å². The number of aliphatic hydroxyl groups is 1. The van der Waals surface area contributed by atoms with Gasteiger partial charge in [-0.2, -0.15) is 0 Å². The highest BCUT2D eigenvalue weighted by molar-refractivity contribution is 5.69. The van der Waals surface area contributed by atoms with Crippen LogP contribution in [-0.2, 0) is 14.2 Å². The molecule has 0 aromatic rings. The Morgan fingerprint density at radius 2 is 1.68 bits per heavy atom. The van der Waals surface area contributed by atoms with Crippen LogP contribution in [-0.4, -0.2) is 67.3 Å². The van der Waals surface area contributed by atoms with Gasteiger partial charge in [-0.25, -0.2) is 4.79 Å². The summed E-state index contributed by atoms with van der Waals surface area (Å²) in [7, 11) is 0. The van der Waals surface area contributed by atoms with E-state index in [2.05, 4.69) is 0 Å².